The summed E-state index contributed by atoms with van der Waals surface area (Å²) in [5.41, 5.74) is 9.72. The number of amidine groups is 1. The molecular weight excluding hydrogens is 402 g/mol. The Balaban J connectivity index is 1.88. The Hall–Kier alpha value is -3.69. The summed E-state index contributed by atoms with van der Waals surface area (Å²) in [7, 11) is -3.87. The van der Waals surface area contributed by atoms with Crippen LogP contribution in [0.2, 0.25) is 0 Å². The molecule has 0 saturated carbocycles. The maximum absolute atomic E-state index is 11.7. The number of imidazole rings is 1. The maximum atomic E-state index is 11.7. The molecule has 0 atom stereocenters. The molecule has 0 amide bonds. The van der Waals surface area contributed by atoms with Gasteiger partial charge >= 0.3 is 0 Å². The molecule has 152 valence electrons. The molecule has 0 bridgehead atoms. The minimum atomic E-state index is -3.87. The average Bonchev–Trinajstić information content (AvgIpc) is 3.12. The molecule has 0 fully saturated rings. The van der Waals surface area contributed by atoms with Crippen LogP contribution >= 0.6 is 0 Å². The fourth-order valence-electron chi connectivity index (χ4n) is 3.32. The standard InChI is InChI=1S/C21H19N5O3S/c1-11-7-15(12-3-2-4-14(9-12)30(24,28)29)19(27)16(8-11)21-25-17-6-5-13(20(22)23)10-18(17)26-21/h2-10,27H,1H3,(H3,22,23)(H,25,26)(H2,24,28,29). The van der Waals surface area contributed by atoms with Gasteiger partial charge in [-0.1, -0.05) is 12.1 Å². The summed E-state index contributed by atoms with van der Waals surface area (Å²) in [5, 5.41) is 23.8. The molecule has 0 unspecified atom stereocenters. The number of hydrogen-bond donors (Lipinski definition) is 5. The second-order valence-electron chi connectivity index (χ2n) is 7.01. The van der Waals surface area contributed by atoms with E-state index in [1.807, 2.05) is 6.92 Å². The van der Waals surface area contributed by atoms with E-state index < -0.39 is 10.0 Å². The molecule has 1 aromatic heterocycles. The van der Waals surface area contributed by atoms with Crippen molar-refractivity contribution in [2.24, 2.45) is 10.9 Å². The van der Waals surface area contributed by atoms with Crippen molar-refractivity contribution in [3.63, 3.8) is 0 Å². The lowest BCUT2D eigenvalue weighted by molar-refractivity contribution is 0.479. The number of phenols is 1. The van der Waals surface area contributed by atoms with Crippen molar-refractivity contribution in [3.05, 3.63) is 65.7 Å². The molecule has 0 aliphatic carbocycles. The Bertz CT molecular complexity index is 1420. The highest BCUT2D eigenvalue weighted by Gasteiger charge is 2.17. The Morgan fingerprint density at radius 3 is 2.53 bits per heavy atom. The molecule has 1 heterocycles. The predicted molar refractivity (Wildman–Crippen MR) is 116 cm³/mol. The van der Waals surface area contributed by atoms with E-state index in [9.17, 15) is 13.5 Å². The summed E-state index contributed by atoms with van der Waals surface area (Å²) >= 11 is 0. The van der Waals surface area contributed by atoms with Gasteiger partial charge in [0.2, 0.25) is 10.0 Å². The van der Waals surface area contributed by atoms with Crippen LogP contribution in [-0.4, -0.2) is 29.3 Å². The zero-order valence-corrected chi connectivity index (χ0v) is 16.8. The zero-order chi connectivity index (χ0) is 21.6. The monoisotopic (exact) mass is 421 g/mol. The number of nitrogens with two attached hydrogens (primary N) is 2. The van der Waals surface area contributed by atoms with Gasteiger partial charge in [0.1, 0.15) is 17.4 Å². The molecule has 7 N–H and O–H groups in total. The third-order valence-electron chi connectivity index (χ3n) is 4.78. The predicted octanol–water partition coefficient (Wildman–Crippen LogP) is 2.84. The number of hydrogen-bond acceptors (Lipinski definition) is 5. The van der Waals surface area contributed by atoms with E-state index in [4.69, 9.17) is 16.3 Å². The van der Waals surface area contributed by atoms with Crippen LogP contribution in [0.4, 0.5) is 0 Å². The van der Waals surface area contributed by atoms with Gasteiger partial charge in [0.25, 0.3) is 0 Å². The number of primary sulfonamides is 1. The molecule has 0 spiro atoms. The fraction of sp³-hybridized carbons (Fsp3) is 0.0476. The SMILES string of the molecule is Cc1cc(-c2cccc(S(N)(=O)=O)c2)c(O)c(-c2nc3cc(C(=N)N)ccc3[nH]2)c1. The van der Waals surface area contributed by atoms with E-state index in [-0.39, 0.29) is 16.5 Å². The van der Waals surface area contributed by atoms with Crippen molar-refractivity contribution in [1.82, 2.24) is 9.97 Å². The molecule has 4 aromatic rings. The summed E-state index contributed by atoms with van der Waals surface area (Å²) in [6, 6.07) is 14.8. The van der Waals surface area contributed by atoms with Gasteiger partial charge in [-0.2, -0.15) is 0 Å². The highest BCUT2D eigenvalue weighted by Crippen LogP contribution is 2.39. The van der Waals surface area contributed by atoms with Crippen LogP contribution < -0.4 is 10.9 Å². The number of sulfonamides is 1. The summed E-state index contributed by atoms with van der Waals surface area (Å²) in [6.07, 6.45) is 0. The number of aromatic hydroxyl groups is 1. The Kier molecular flexibility index (Phi) is 4.56. The first-order valence-electron chi connectivity index (χ1n) is 8.95. The van der Waals surface area contributed by atoms with Crippen molar-refractivity contribution in [1.29, 1.82) is 5.41 Å². The number of nitrogens with one attached hydrogen (secondary N) is 2. The van der Waals surface area contributed by atoms with Gasteiger partial charge in [0, 0.05) is 11.1 Å². The third-order valence-corrected chi connectivity index (χ3v) is 5.69. The van der Waals surface area contributed by atoms with Crippen LogP contribution in [0.5, 0.6) is 5.75 Å². The van der Waals surface area contributed by atoms with E-state index in [1.165, 1.54) is 12.1 Å². The van der Waals surface area contributed by atoms with E-state index in [0.717, 1.165) is 11.1 Å². The number of nitrogens with zero attached hydrogens (tertiary/aromatic N) is 1. The van der Waals surface area contributed by atoms with E-state index in [0.29, 0.717) is 33.6 Å². The highest BCUT2D eigenvalue weighted by molar-refractivity contribution is 7.89. The van der Waals surface area contributed by atoms with Crippen LogP contribution in [0.3, 0.4) is 0 Å². The zero-order valence-electron chi connectivity index (χ0n) is 16.0. The second-order valence-corrected chi connectivity index (χ2v) is 8.57. The largest absolute Gasteiger partial charge is 0.507 e. The van der Waals surface area contributed by atoms with Gasteiger partial charge in [0.05, 0.1) is 21.5 Å². The number of rotatable bonds is 4. The number of fused-ring (bicyclic) bond motifs is 1. The summed E-state index contributed by atoms with van der Waals surface area (Å²) in [6.45, 7) is 1.87. The minimum absolute atomic E-state index is 0.0389. The number of phenolic OH excluding ortho intramolecular Hbond substituents is 1. The number of aromatic nitrogens is 2. The molecule has 8 nitrogen and oxygen atoms in total. The Morgan fingerprint density at radius 1 is 1.10 bits per heavy atom. The highest BCUT2D eigenvalue weighted by atomic mass is 32.2. The van der Waals surface area contributed by atoms with Gasteiger partial charge in [-0.3, -0.25) is 5.41 Å². The number of aromatic amines is 1. The lowest BCUT2D eigenvalue weighted by Gasteiger charge is -2.11. The second kappa shape index (κ2) is 6.97. The van der Waals surface area contributed by atoms with Crippen LogP contribution in [0, 0.1) is 12.3 Å². The van der Waals surface area contributed by atoms with Gasteiger partial charge in [-0.25, -0.2) is 18.5 Å². The normalized spacial score (nSPS) is 11.7. The smallest absolute Gasteiger partial charge is 0.238 e. The fourth-order valence-corrected chi connectivity index (χ4v) is 3.88. The molecule has 9 heteroatoms. The van der Waals surface area contributed by atoms with E-state index in [1.54, 1.807) is 42.5 Å². The lowest BCUT2D eigenvalue weighted by Crippen LogP contribution is -2.11. The van der Waals surface area contributed by atoms with Crippen LogP contribution in [-0.2, 0) is 10.0 Å². The molecule has 4 rings (SSSR count). The summed E-state index contributed by atoms with van der Waals surface area (Å²) < 4.78 is 23.4. The van der Waals surface area contributed by atoms with Crippen molar-refractivity contribution >= 4 is 26.9 Å². The van der Waals surface area contributed by atoms with Crippen LogP contribution in [0.25, 0.3) is 33.5 Å². The first-order valence-corrected chi connectivity index (χ1v) is 10.5. The van der Waals surface area contributed by atoms with Crippen LogP contribution in [0.15, 0.2) is 59.5 Å². The molecule has 0 radical (unpaired) electrons. The average molecular weight is 421 g/mol. The summed E-state index contributed by atoms with van der Waals surface area (Å²) in [4.78, 5) is 7.66. The number of nitrogen functional groups attached to an aromatic ring is 1. The third kappa shape index (κ3) is 3.51. The summed E-state index contributed by atoms with van der Waals surface area (Å²) in [5.74, 6) is 0.339. The molecule has 0 saturated heterocycles. The first-order chi connectivity index (χ1) is 14.1. The van der Waals surface area contributed by atoms with Gasteiger partial charge in [0.15, 0.2) is 0 Å². The van der Waals surface area contributed by atoms with Crippen molar-refractivity contribution < 1.29 is 13.5 Å². The van der Waals surface area contributed by atoms with E-state index in [2.05, 4.69) is 9.97 Å². The Morgan fingerprint density at radius 2 is 1.83 bits per heavy atom. The number of aryl methyl sites for hydroxylation is 1. The Labute approximate surface area is 172 Å². The molecule has 3 aromatic carbocycles. The topological polar surface area (TPSA) is 159 Å². The molecule has 0 aliphatic heterocycles. The molecule has 0 aliphatic rings. The van der Waals surface area contributed by atoms with E-state index >= 15 is 0 Å². The lowest BCUT2D eigenvalue weighted by atomic mass is 9.98. The first kappa shape index (κ1) is 19.6. The quantitative estimate of drug-likeness (QED) is 0.253. The van der Waals surface area contributed by atoms with Gasteiger partial charge in [-0.05, 0) is 60.5 Å². The molecular formula is C21H19N5O3S. The van der Waals surface area contributed by atoms with Crippen LogP contribution in [0.1, 0.15) is 11.1 Å². The molecule has 30 heavy (non-hydrogen) atoms. The van der Waals surface area contributed by atoms with Gasteiger partial charge in [-0.15, -0.1) is 0 Å². The number of H-pyrrole nitrogens is 1. The minimum Gasteiger partial charge on any atom is -0.507 e. The number of benzene rings is 3. The van der Waals surface area contributed by atoms with Crippen molar-refractivity contribution in [2.45, 2.75) is 11.8 Å². The van der Waals surface area contributed by atoms with Crippen molar-refractivity contribution in [2.75, 3.05) is 0 Å². The van der Waals surface area contributed by atoms with Gasteiger partial charge < -0.3 is 15.8 Å². The van der Waals surface area contributed by atoms with Crippen molar-refractivity contribution in [3.8, 4) is 28.3 Å². The maximum Gasteiger partial charge on any atom is 0.238 e.